The van der Waals surface area contributed by atoms with Crippen LogP contribution in [-0.4, -0.2) is 6.15 Å². The van der Waals surface area contributed by atoms with Crippen molar-refractivity contribution in [1.29, 1.82) is 0 Å². The second-order valence-corrected chi connectivity index (χ2v) is 15.7. The highest BCUT2D eigenvalue weighted by molar-refractivity contribution is 7.20. The highest BCUT2D eigenvalue weighted by Crippen LogP contribution is 2.32. The minimum absolute atomic E-state index is 0.855. The Morgan fingerprint density at radius 1 is 0.292 bits per heavy atom. The molecule has 72 heavy (non-hydrogen) atoms. The second kappa shape index (κ2) is 19.0. The van der Waals surface area contributed by atoms with Gasteiger partial charge in [-0.05, 0) is 34.4 Å². The summed E-state index contributed by atoms with van der Waals surface area (Å²) in [4.78, 5) is 0. The fourth-order valence-electron chi connectivity index (χ4n) is 8.70. The van der Waals surface area contributed by atoms with E-state index in [1.807, 2.05) is 0 Å². The minimum Gasteiger partial charge on any atom is -0.207 e. The van der Waals surface area contributed by atoms with Gasteiger partial charge < -0.3 is 0 Å². The maximum atomic E-state index is 15.4. The first-order chi connectivity index (χ1) is 34.1. The predicted octanol–water partition coefficient (Wildman–Crippen LogP) is 11.8. The van der Waals surface area contributed by atoms with Crippen LogP contribution in [0.3, 0.4) is 0 Å². The Hall–Kier alpha value is -7.91. The zero-order valence-corrected chi connectivity index (χ0v) is 35.2. The molecule has 0 spiro atoms. The lowest BCUT2D eigenvalue weighted by molar-refractivity contribution is -0.676. The Morgan fingerprint density at radius 3 is 1.00 bits per heavy atom. The Kier molecular flexibility index (Phi) is 13.3. The van der Waals surface area contributed by atoms with Crippen LogP contribution in [0.1, 0.15) is 5.56 Å². The van der Waals surface area contributed by atoms with E-state index in [2.05, 4.69) is 114 Å². The highest BCUT2D eigenvalue weighted by atomic mass is 19.2. The van der Waals surface area contributed by atoms with E-state index in [9.17, 15) is 52.7 Å². The van der Waals surface area contributed by atoms with Crippen molar-refractivity contribution < 1.29 is 92.4 Å². The Bertz CT molecular complexity index is 3300. The van der Waals surface area contributed by atoms with Gasteiger partial charge in [-0.15, -0.1) is 21.9 Å². The molecule has 22 heteroatoms. The van der Waals surface area contributed by atoms with Crippen molar-refractivity contribution in [3.05, 3.63) is 231 Å². The van der Waals surface area contributed by atoms with Gasteiger partial charge in [0.05, 0.1) is 5.39 Å². The fraction of sp³-hybridized carbons (Fsp3) is 0.0200. The lowest BCUT2D eigenvalue weighted by atomic mass is 9.12. The number of halogens is 20. The number of pyridine rings is 1. The van der Waals surface area contributed by atoms with E-state index in [1.54, 1.807) is 0 Å². The van der Waals surface area contributed by atoms with E-state index >= 15 is 35.1 Å². The molecule has 9 rings (SSSR count). The standard InChI is InChI=1S/C26H20N.C24BF20/c1-2-8-20(9-3-1)19-27-17-16-22-11-6-7-13-25(22)26(27)24-15-14-21-10-4-5-12-23(21)18-24;26-5-1(6(27)14(35)21(42)13(5)34)25(2-7(28)15(36)22(43)16(37)8(2)29,3-9(30)17(38)23(44)18(39)10(3)31)4-11(32)19(40)24(45)20(41)12(4)33/h1-18H,19H2;/q+1;-1. The molecule has 0 atom stereocenters. The van der Waals surface area contributed by atoms with Crippen LogP contribution >= 0.6 is 0 Å². The van der Waals surface area contributed by atoms with Crippen LogP contribution in [0.25, 0.3) is 32.8 Å². The normalized spacial score (nSPS) is 11.7. The molecule has 1 aromatic heterocycles. The van der Waals surface area contributed by atoms with Gasteiger partial charge in [0.2, 0.25) is 5.69 Å². The molecular formula is C50H20BF20N. The van der Waals surface area contributed by atoms with Crippen molar-refractivity contribution in [3.63, 3.8) is 0 Å². The number of hydrogen-bond acceptors (Lipinski definition) is 0. The third kappa shape index (κ3) is 7.83. The predicted molar refractivity (Wildman–Crippen MR) is 222 cm³/mol. The molecule has 0 saturated carbocycles. The van der Waals surface area contributed by atoms with Crippen LogP contribution in [0.15, 0.2) is 109 Å². The quantitative estimate of drug-likeness (QED) is 0.0492. The van der Waals surface area contributed by atoms with Crippen molar-refractivity contribution in [2.24, 2.45) is 0 Å². The van der Waals surface area contributed by atoms with Gasteiger partial charge >= 0.3 is 0 Å². The monoisotopic (exact) mass is 1030 g/mol. The summed E-state index contributed by atoms with van der Waals surface area (Å²) in [6, 6.07) is 36.8. The topological polar surface area (TPSA) is 3.88 Å². The largest absolute Gasteiger partial charge is 0.220 e. The van der Waals surface area contributed by atoms with Crippen LogP contribution in [0.5, 0.6) is 0 Å². The Balaban J connectivity index is 0.000000217. The molecule has 0 aliphatic heterocycles. The van der Waals surface area contributed by atoms with E-state index in [4.69, 9.17) is 0 Å². The van der Waals surface area contributed by atoms with Gasteiger partial charge in [-0.1, -0.05) is 78.9 Å². The fourth-order valence-corrected chi connectivity index (χ4v) is 8.70. The Labute approximate surface area is 390 Å². The molecule has 0 aliphatic rings. The number of nitrogens with zero attached hydrogens (tertiary/aromatic N) is 1. The first-order valence-electron chi connectivity index (χ1n) is 20.3. The summed E-state index contributed by atoms with van der Waals surface area (Å²) >= 11 is 0. The van der Waals surface area contributed by atoms with Gasteiger partial charge in [-0.3, -0.25) is 0 Å². The zero-order chi connectivity index (χ0) is 52.4. The van der Waals surface area contributed by atoms with Crippen LogP contribution in [0, 0.1) is 116 Å². The number of aromatic nitrogens is 1. The molecule has 0 unspecified atom stereocenters. The summed E-state index contributed by atoms with van der Waals surface area (Å²) in [6.07, 6.45) is -5.01. The SMILES string of the molecule is Fc1c(F)c(F)c([B-](c2c(F)c(F)c(F)c(F)c2F)(c2c(F)c(F)c(F)c(F)c2F)c2c(F)c(F)c(F)c(F)c2F)c(F)c1F.c1ccc(C[n+]2ccc3ccccc3c2-c2ccc3ccccc3c2)cc1. The van der Waals surface area contributed by atoms with E-state index in [1.165, 1.54) is 38.4 Å². The molecule has 9 aromatic rings. The number of benzene rings is 8. The Morgan fingerprint density at radius 2 is 0.611 bits per heavy atom. The van der Waals surface area contributed by atoms with Gasteiger partial charge in [0, 0.05) is 17.2 Å². The van der Waals surface area contributed by atoms with Gasteiger partial charge in [-0.25, -0.2) is 87.8 Å². The average molecular weight is 1030 g/mol. The molecule has 0 amide bonds. The van der Waals surface area contributed by atoms with E-state index in [-0.39, 0.29) is 0 Å². The molecule has 0 aliphatic carbocycles. The summed E-state index contributed by atoms with van der Waals surface area (Å²) in [5, 5.41) is 5.10. The molecule has 1 heterocycles. The van der Waals surface area contributed by atoms with Crippen LogP contribution in [0.2, 0.25) is 0 Å². The maximum Gasteiger partial charge on any atom is 0.220 e. The molecule has 0 N–H and O–H groups in total. The minimum atomic E-state index is -7.22. The third-order valence-corrected chi connectivity index (χ3v) is 11.9. The van der Waals surface area contributed by atoms with Crippen molar-refractivity contribution in [3.8, 4) is 11.3 Å². The number of rotatable bonds is 7. The third-order valence-electron chi connectivity index (χ3n) is 11.9. The summed E-state index contributed by atoms with van der Waals surface area (Å²) in [7, 11) is 0. The summed E-state index contributed by atoms with van der Waals surface area (Å²) in [5.74, 6) is -71.4. The van der Waals surface area contributed by atoms with Gasteiger partial charge in [-0.2, -0.15) is 4.57 Å². The van der Waals surface area contributed by atoms with Crippen molar-refractivity contribution in [2.45, 2.75) is 6.54 Å². The first kappa shape index (κ1) is 50.5. The van der Waals surface area contributed by atoms with Gasteiger partial charge in [0.25, 0.3) is 0 Å². The molecule has 0 fully saturated rings. The highest BCUT2D eigenvalue weighted by Gasteiger charge is 2.52. The smallest absolute Gasteiger partial charge is 0.207 e. The van der Waals surface area contributed by atoms with Crippen molar-refractivity contribution in [1.82, 2.24) is 0 Å². The average Bonchev–Trinajstić information content (AvgIpc) is 3.38. The zero-order valence-electron chi connectivity index (χ0n) is 35.2. The van der Waals surface area contributed by atoms with Crippen LogP contribution in [0.4, 0.5) is 87.8 Å². The van der Waals surface area contributed by atoms with E-state index in [0.717, 1.165) is 6.54 Å². The molecular weight excluding hydrogens is 1010 g/mol. The van der Waals surface area contributed by atoms with E-state index < -0.39 is 144 Å². The molecule has 0 bridgehead atoms. The summed E-state index contributed by atoms with van der Waals surface area (Å²) < 4.78 is 296. The molecule has 0 saturated heterocycles. The van der Waals surface area contributed by atoms with Crippen molar-refractivity contribution >= 4 is 49.5 Å². The molecule has 8 aromatic carbocycles. The summed E-state index contributed by atoms with van der Waals surface area (Å²) in [5.41, 5.74) is -10.5. The lowest BCUT2D eigenvalue weighted by Crippen LogP contribution is -2.81. The van der Waals surface area contributed by atoms with Crippen LogP contribution < -0.4 is 26.4 Å². The van der Waals surface area contributed by atoms with E-state index in [0.29, 0.717) is 0 Å². The van der Waals surface area contributed by atoms with Crippen LogP contribution in [-0.2, 0) is 6.54 Å². The molecule has 0 radical (unpaired) electrons. The number of hydrogen-bond donors (Lipinski definition) is 0. The molecule has 368 valence electrons. The van der Waals surface area contributed by atoms with Crippen molar-refractivity contribution in [2.75, 3.05) is 0 Å². The lowest BCUT2D eigenvalue weighted by Gasteiger charge is -2.44. The second-order valence-electron chi connectivity index (χ2n) is 15.7. The first-order valence-corrected chi connectivity index (χ1v) is 20.3. The maximum absolute atomic E-state index is 15.4. The van der Waals surface area contributed by atoms with Gasteiger partial charge in [0.1, 0.15) is 52.7 Å². The summed E-state index contributed by atoms with van der Waals surface area (Å²) in [6.45, 7) is 0.855. The number of fused-ring (bicyclic) bond motifs is 2. The molecule has 1 nitrogen and oxygen atoms in total. The van der Waals surface area contributed by atoms with Gasteiger partial charge in [0.15, 0.2) is 82.5 Å².